The smallest absolute Gasteiger partial charge is 0.159 e. The number of benzene rings is 6. The molecule has 0 atom stereocenters. The average molecular weight is 730 g/mol. The molecule has 1 aromatic heterocycles. The van der Waals surface area contributed by atoms with Gasteiger partial charge in [-0.1, -0.05) is 119 Å². The molecule has 278 valence electrons. The van der Waals surface area contributed by atoms with Gasteiger partial charge in [0.1, 0.15) is 5.58 Å². The van der Waals surface area contributed by atoms with Crippen LogP contribution in [0.1, 0.15) is 94.9 Å². The number of hydrogen-bond donors (Lipinski definition) is 0. The number of nitrogens with zero attached hydrogens (tertiary/aromatic N) is 1. The Hall–Kier alpha value is -5.08. The Labute approximate surface area is 331 Å². The van der Waals surface area contributed by atoms with E-state index in [1.165, 1.54) is 84.0 Å². The fourth-order valence-electron chi connectivity index (χ4n) is 13.4. The maximum Gasteiger partial charge on any atom is 0.159 e. The molecule has 0 radical (unpaired) electrons. The second kappa shape index (κ2) is 11.5. The fourth-order valence-corrected chi connectivity index (χ4v) is 13.4. The molecule has 56 heavy (non-hydrogen) atoms. The Kier molecular flexibility index (Phi) is 6.80. The summed E-state index contributed by atoms with van der Waals surface area (Å²) in [6, 6.07) is 48.6. The van der Waals surface area contributed by atoms with E-state index in [0.29, 0.717) is 11.8 Å². The fraction of sp³-hybridized carbons (Fsp3) is 0.333. The number of para-hydroxylation sites is 2. The highest BCUT2D eigenvalue weighted by Crippen LogP contribution is 2.69. The highest BCUT2D eigenvalue weighted by Gasteiger charge is 2.61. The van der Waals surface area contributed by atoms with Gasteiger partial charge in [0.2, 0.25) is 0 Å². The summed E-state index contributed by atoms with van der Waals surface area (Å²) in [7, 11) is 0. The molecule has 2 nitrogen and oxygen atoms in total. The van der Waals surface area contributed by atoms with E-state index in [-0.39, 0.29) is 16.2 Å². The van der Waals surface area contributed by atoms with Crippen LogP contribution in [-0.4, -0.2) is 0 Å². The first-order chi connectivity index (χ1) is 27.2. The summed E-state index contributed by atoms with van der Waals surface area (Å²) in [4.78, 5) is 2.50. The minimum atomic E-state index is 0.100. The van der Waals surface area contributed by atoms with Gasteiger partial charge in [-0.25, -0.2) is 0 Å². The predicted molar refractivity (Wildman–Crippen MR) is 232 cm³/mol. The van der Waals surface area contributed by atoms with Gasteiger partial charge in [-0.2, -0.15) is 0 Å². The van der Waals surface area contributed by atoms with E-state index in [1.54, 1.807) is 11.1 Å². The van der Waals surface area contributed by atoms with Crippen molar-refractivity contribution >= 4 is 39.0 Å². The molecule has 1 heterocycles. The largest absolute Gasteiger partial charge is 0.454 e. The molecule has 0 N–H and O–H groups in total. The van der Waals surface area contributed by atoms with E-state index in [9.17, 15) is 0 Å². The van der Waals surface area contributed by atoms with Crippen LogP contribution in [0, 0.1) is 23.7 Å². The second-order valence-electron chi connectivity index (χ2n) is 19.6. The van der Waals surface area contributed by atoms with Gasteiger partial charge in [0.25, 0.3) is 0 Å². The van der Waals surface area contributed by atoms with E-state index in [2.05, 4.69) is 160 Å². The van der Waals surface area contributed by atoms with Crippen LogP contribution in [0.25, 0.3) is 44.2 Å². The molecule has 0 unspecified atom stereocenters. The minimum absolute atomic E-state index is 0.100. The molecule has 4 saturated carbocycles. The Morgan fingerprint density at radius 2 is 1.14 bits per heavy atom. The van der Waals surface area contributed by atoms with Crippen LogP contribution in [0.3, 0.4) is 0 Å². The van der Waals surface area contributed by atoms with Gasteiger partial charge in [-0.3, -0.25) is 0 Å². The quantitative estimate of drug-likeness (QED) is 0.179. The van der Waals surface area contributed by atoms with Crippen molar-refractivity contribution in [1.82, 2.24) is 0 Å². The van der Waals surface area contributed by atoms with Crippen molar-refractivity contribution in [2.75, 3.05) is 4.90 Å². The zero-order valence-corrected chi connectivity index (χ0v) is 33.2. The molecule has 13 rings (SSSR count). The van der Waals surface area contributed by atoms with Gasteiger partial charge in [-0.05, 0) is 160 Å². The third-order valence-electron chi connectivity index (χ3n) is 15.7. The summed E-state index contributed by atoms with van der Waals surface area (Å²) >= 11 is 0. The summed E-state index contributed by atoms with van der Waals surface area (Å²) in [5.74, 6) is 3.26. The van der Waals surface area contributed by atoms with Gasteiger partial charge in [0.05, 0.1) is 5.69 Å². The molecule has 4 fully saturated rings. The molecule has 2 heteroatoms. The molecule has 0 aliphatic heterocycles. The van der Waals surface area contributed by atoms with E-state index >= 15 is 0 Å². The normalized spacial score (nSPS) is 26.1. The van der Waals surface area contributed by atoms with Crippen molar-refractivity contribution in [3.63, 3.8) is 0 Å². The van der Waals surface area contributed by atoms with Crippen LogP contribution in [0.15, 0.2) is 132 Å². The van der Waals surface area contributed by atoms with Crippen molar-refractivity contribution in [2.24, 2.45) is 23.7 Å². The van der Waals surface area contributed by atoms with Gasteiger partial charge in [-0.15, -0.1) is 0 Å². The summed E-state index contributed by atoms with van der Waals surface area (Å²) < 4.78 is 6.79. The van der Waals surface area contributed by atoms with E-state index in [4.69, 9.17) is 4.42 Å². The first-order valence-electron chi connectivity index (χ1n) is 21.4. The zero-order chi connectivity index (χ0) is 37.6. The van der Waals surface area contributed by atoms with E-state index in [1.807, 2.05) is 0 Å². The molecular weight excluding hydrogens is 679 g/mol. The van der Waals surface area contributed by atoms with E-state index < -0.39 is 0 Å². The van der Waals surface area contributed by atoms with Gasteiger partial charge in [0, 0.05) is 27.6 Å². The number of fused-ring (bicyclic) bond motifs is 7. The van der Waals surface area contributed by atoms with Crippen molar-refractivity contribution in [1.29, 1.82) is 0 Å². The summed E-state index contributed by atoms with van der Waals surface area (Å²) in [5, 5.41) is 2.32. The van der Waals surface area contributed by atoms with Crippen molar-refractivity contribution in [3.8, 4) is 22.3 Å². The molecule has 6 aliphatic rings. The zero-order valence-electron chi connectivity index (χ0n) is 33.2. The Morgan fingerprint density at radius 1 is 0.518 bits per heavy atom. The molecule has 4 bridgehead atoms. The number of hydrogen-bond acceptors (Lipinski definition) is 2. The van der Waals surface area contributed by atoms with Crippen LogP contribution in [0.5, 0.6) is 0 Å². The Balaban J connectivity index is 1.06. The number of rotatable bonds is 4. The van der Waals surface area contributed by atoms with Crippen LogP contribution < -0.4 is 4.90 Å². The minimum Gasteiger partial charge on any atom is -0.454 e. The van der Waals surface area contributed by atoms with Crippen molar-refractivity contribution in [2.45, 2.75) is 88.9 Å². The summed E-state index contributed by atoms with van der Waals surface area (Å²) in [5.41, 5.74) is 17.5. The number of anilines is 3. The summed E-state index contributed by atoms with van der Waals surface area (Å²) in [6.45, 7) is 9.73. The highest BCUT2D eigenvalue weighted by atomic mass is 16.3. The van der Waals surface area contributed by atoms with Gasteiger partial charge >= 0.3 is 0 Å². The number of furan rings is 1. The first kappa shape index (κ1) is 33.1. The molecular formula is C54H51NO. The lowest BCUT2D eigenvalue weighted by molar-refractivity contribution is -0.0399. The maximum atomic E-state index is 6.79. The average Bonchev–Trinajstić information content (AvgIpc) is 3.73. The monoisotopic (exact) mass is 729 g/mol. The van der Waals surface area contributed by atoms with Gasteiger partial charge in [0.15, 0.2) is 5.58 Å². The SMILES string of the molecule is CC1(C)CCC(C)(C)c2c(-c3ccc(N(c4ccc5c(c4)C4(c6ccccc6-5)C5CC6CC(C5)CC4C6)c4cccc5c4oc4ccccc45)cc3)cccc21. The first-order valence-corrected chi connectivity index (χ1v) is 21.4. The van der Waals surface area contributed by atoms with Crippen LogP contribution in [0.2, 0.25) is 0 Å². The summed E-state index contributed by atoms with van der Waals surface area (Å²) in [6.07, 6.45) is 9.40. The van der Waals surface area contributed by atoms with Crippen LogP contribution in [-0.2, 0) is 16.2 Å². The Bertz CT molecular complexity index is 2700. The Morgan fingerprint density at radius 3 is 1.95 bits per heavy atom. The lowest BCUT2D eigenvalue weighted by Crippen LogP contribution is -2.55. The molecule has 0 saturated heterocycles. The topological polar surface area (TPSA) is 16.4 Å². The van der Waals surface area contributed by atoms with Crippen LogP contribution in [0.4, 0.5) is 17.1 Å². The maximum absolute atomic E-state index is 6.79. The molecule has 6 aliphatic carbocycles. The van der Waals surface area contributed by atoms with Gasteiger partial charge < -0.3 is 9.32 Å². The van der Waals surface area contributed by atoms with Crippen molar-refractivity contribution < 1.29 is 4.42 Å². The highest BCUT2D eigenvalue weighted by molar-refractivity contribution is 6.10. The molecule has 6 aromatic carbocycles. The molecule has 0 amide bonds. The second-order valence-corrected chi connectivity index (χ2v) is 19.6. The lowest BCUT2D eigenvalue weighted by Gasteiger charge is -2.61. The third-order valence-corrected chi connectivity index (χ3v) is 15.7. The van der Waals surface area contributed by atoms with Crippen LogP contribution >= 0.6 is 0 Å². The van der Waals surface area contributed by atoms with E-state index in [0.717, 1.165) is 45.1 Å². The third kappa shape index (κ3) is 4.45. The van der Waals surface area contributed by atoms with Crippen molar-refractivity contribution in [3.05, 3.63) is 150 Å². The lowest BCUT2D eigenvalue weighted by atomic mass is 9.43. The predicted octanol–water partition coefficient (Wildman–Crippen LogP) is 14.8. The molecule has 7 aromatic rings. The standard InChI is InChI=1S/C54H51NO/c1-52(2)25-26-53(3,4)50-40(13-9-16-46(50)52)35-19-21-38(22-20-35)55(48-17-10-14-44-43-12-6-8-18-49(43)56-51(44)48)39-23-24-42-41-11-5-7-15-45(41)54(47(42)32-39)36-28-33-27-34(30-36)31-37(54)29-33/h5-24,32-34,36-37H,25-31H2,1-4H3. The molecule has 1 spiro atoms.